The first-order chi connectivity index (χ1) is 6.51. The van der Waals surface area contributed by atoms with Gasteiger partial charge in [-0.05, 0) is 39.4 Å². The zero-order chi connectivity index (χ0) is 10.6. The van der Waals surface area contributed by atoms with Gasteiger partial charge in [-0.25, -0.2) is 0 Å². The SMILES string of the molecule is CSC1CCCC(NCC(C)(C)O)C1. The molecule has 1 aliphatic carbocycles. The number of thioether (sulfide) groups is 1. The summed E-state index contributed by atoms with van der Waals surface area (Å²) in [5.74, 6) is 0. The molecular formula is C11H23NOS. The quantitative estimate of drug-likeness (QED) is 0.755. The molecule has 0 radical (unpaired) electrons. The fourth-order valence-electron chi connectivity index (χ4n) is 1.94. The molecule has 1 rings (SSSR count). The molecule has 14 heavy (non-hydrogen) atoms. The first-order valence-corrected chi connectivity index (χ1v) is 6.78. The summed E-state index contributed by atoms with van der Waals surface area (Å²) >= 11 is 1.98. The maximum atomic E-state index is 9.60. The third-order valence-electron chi connectivity index (χ3n) is 2.78. The van der Waals surface area contributed by atoms with Gasteiger partial charge in [0.15, 0.2) is 0 Å². The topological polar surface area (TPSA) is 32.3 Å². The van der Waals surface area contributed by atoms with Gasteiger partial charge in [0.2, 0.25) is 0 Å². The Morgan fingerprint density at radius 1 is 1.43 bits per heavy atom. The number of rotatable bonds is 4. The minimum absolute atomic E-state index is 0.577. The zero-order valence-corrected chi connectivity index (χ0v) is 10.4. The summed E-state index contributed by atoms with van der Waals surface area (Å²) in [6, 6.07) is 0.618. The standard InChI is InChI=1S/C11H23NOS/c1-11(2,13)8-12-9-5-4-6-10(7-9)14-3/h9-10,12-13H,4-8H2,1-3H3. The van der Waals surface area contributed by atoms with Crippen LogP contribution in [0, 0.1) is 0 Å². The molecule has 2 nitrogen and oxygen atoms in total. The van der Waals surface area contributed by atoms with Gasteiger partial charge in [-0.2, -0.15) is 11.8 Å². The van der Waals surface area contributed by atoms with Crippen LogP contribution in [0.15, 0.2) is 0 Å². The fourth-order valence-corrected chi connectivity index (χ4v) is 2.77. The molecule has 1 saturated carbocycles. The molecule has 1 aliphatic rings. The van der Waals surface area contributed by atoms with Crippen molar-refractivity contribution in [3.63, 3.8) is 0 Å². The van der Waals surface area contributed by atoms with Crippen LogP contribution in [-0.4, -0.2) is 34.8 Å². The number of nitrogens with one attached hydrogen (secondary N) is 1. The van der Waals surface area contributed by atoms with Crippen molar-refractivity contribution in [2.75, 3.05) is 12.8 Å². The number of hydrogen-bond donors (Lipinski definition) is 2. The van der Waals surface area contributed by atoms with Crippen LogP contribution in [0.5, 0.6) is 0 Å². The third-order valence-corrected chi connectivity index (χ3v) is 3.88. The highest BCUT2D eigenvalue weighted by atomic mass is 32.2. The summed E-state index contributed by atoms with van der Waals surface area (Å²) in [7, 11) is 0. The lowest BCUT2D eigenvalue weighted by atomic mass is 9.94. The van der Waals surface area contributed by atoms with Crippen molar-refractivity contribution < 1.29 is 5.11 Å². The number of aliphatic hydroxyl groups is 1. The first kappa shape index (κ1) is 12.3. The highest BCUT2D eigenvalue weighted by Crippen LogP contribution is 2.26. The van der Waals surface area contributed by atoms with E-state index in [2.05, 4.69) is 11.6 Å². The summed E-state index contributed by atoms with van der Waals surface area (Å²) in [4.78, 5) is 0. The average Bonchev–Trinajstić information content (AvgIpc) is 2.14. The lowest BCUT2D eigenvalue weighted by molar-refractivity contribution is 0.0747. The van der Waals surface area contributed by atoms with E-state index in [-0.39, 0.29) is 0 Å². The van der Waals surface area contributed by atoms with Gasteiger partial charge in [-0.3, -0.25) is 0 Å². The van der Waals surface area contributed by atoms with Crippen LogP contribution in [0.4, 0.5) is 0 Å². The second kappa shape index (κ2) is 5.38. The van der Waals surface area contributed by atoms with Crippen molar-refractivity contribution in [1.29, 1.82) is 0 Å². The van der Waals surface area contributed by atoms with Crippen LogP contribution in [0.25, 0.3) is 0 Å². The van der Waals surface area contributed by atoms with Crippen LogP contribution in [0.1, 0.15) is 39.5 Å². The predicted octanol–water partition coefficient (Wildman–Crippen LogP) is 2.02. The van der Waals surface area contributed by atoms with Crippen molar-refractivity contribution in [1.82, 2.24) is 5.32 Å². The maximum absolute atomic E-state index is 9.60. The molecular weight excluding hydrogens is 194 g/mol. The largest absolute Gasteiger partial charge is 0.389 e. The van der Waals surface area contributed by atoms with E-state index in [9.17, 15) is 5.11 Å². The van der Waals surface area contributed by atoms with E-state index in [0.29, 0.717) is 12.6 Å². The van der Waals surface area contributed by atoms with E-state index in [1.165, 1.54) is 25.7 Å². The van der Waals surface area contributed by atoms with E-state index < -0.39 is 5.60 Å². The fraction of sp³-hybridized carbons (Fsp3) is 1.00. The van der Waals surface area contributed by atoms with Crippen molar-refractivity contribution in [3.05, 3.63) is 0 Å². The number of hydrogen-bond acceptors (Lipinski definition) is 3. The van der Waals surface area contributed by atoms with Crippen molar-refractivity contribution in [2.24, 2.45) is 0 Å². The van der Waals surface area contributed by atoms with Gasteiger partial charge in [-0.1, -0.05) is 6.42 Å². The molecule has 0 heterocycles. The normalized spacial score (nSPS) is 29.1. The Bertz CT molecular complexity index is 167. The molecule has 2 unspecified atom stereocenters. The molecule has 0 aliphatic heterocycles. The lowest BCUT2D eigenvalue weighted by Crippen LogP contribution is -2.43. The molecule has 0 bridgehead atoms. The summed E-state index contributed by atoms with van der Waals surface area (Å²) in [5, 5.41) is 13.9. The Morgan fingerprint density at radius 3 is 2.71 bits per heavy atom. The van der Waals surface area contributed by atoms with Gasteiger partial charge in [-0.15, -0.1) is 0 Å². The average molecular weight is 217 g/mol. The van der Waals surface area contributed by atoms with Crippen molar-refractivity contribution in [3.8, 4) is 0 Å². The van der Waals surface area contributed by atoms with Gasteiger partial charge in [0.05, 0.1) is 5.60 Å². The molecule has 0 amide bonds. The molecule has 84 valence electrons. The van der Waals surface area contributed by atoms with Gasteiger partial charge >= 0.3 is 0 Å². The Kier molecular flexibility index (Phi) is 4.74. The summed E-state index contributed by atoms with van der Waals surface area (Å²) in [5.41, 5.74) is -0.577. The van der Waals surface area contributed by atoms with E-state index in [1.807, 2.05) is 25.6 Å². The Morgan fingerprint density at radius 2 is 2.14 bits per heavy atom. The maximum Gasteiger partial charge on any atom is 0.0715 e. The Balaban J connectivity index is 2.24. The molecule has 0 aromatic heterocycles. The molecule has 1 fully saturated rings. The van der Waals surface area contributed by atoms with Crippen LogP contribution < -0.4 is 5.32 Å². The highest BCUT2D eigenvalue weighted by molar-refractivity contribution is 7.99. The first-order valence-electron chi connectivity index (χ1n) is 5.50. The molecule has 0 aromatic carbocycles. The van der Waals surface area contributed by atoms with E-state index in [4.69, 9.17) is 0 Å². The van der Waals surface area contributed by atoms with Crippen LogP contribution in [-0.2, 0) is 0 Å². The summed E-state index contributed by atoms with van der Waals surface area (Å²) < 4.78 is 0. The van der Waals surface area contributed by atoms with Crippen molar-refractivity contribution in [2.45, 2.75) is 56.4 Å². The van der Waals surface area contributed by atoms with Crippen molar-refractivity contribution >= 4 is 11.8 Å². The van der Waals surface area contributed by atoms with Crippen LogP contribution in [0.2, 0.25) is 0 Å². The summed E-state index contributed by atoms with van der Waals surface area (Å²) in [6.07, 6.45) is 7.42. The van der Waals surface area contributed by atoms with E-state index in [0.717, 1.165) is 5.25 Å². The highest BCUT2D eigenvalue weighted by Gasteiger charge is 2.22. The van der Waals surface area contributed by atoms with Crippen LogP contribution >= 0.6 is 11.8 Å². The second-order valence-corrected chi connectivity index (χ2v) is 6.05. The minimum Gasteiger partial charge on any atom is -0.389 e. The van der Waals surface area contributed by atoms with E-state index in [1.54, 1.807) is 0 Å². The third kappa shape index (κ3) is 4.67. The molecule has 2 atom stereocenters. The second-order valence-electron chi connectivity index (χ2n) is 4.91. The smallest absolute Gasteiger partial charge is 0.0715 e. The van der Waals surface area contributed by atoms with Gasteiger partial charge < -0.3 is 10.4 Å². The summed E-state index contributed by atoms with van der Waals surface area (Å²) in [6.45, 7) is 4.42. The molecule has 3 heteroatoms. The van der Waals surface area contributed by atoms with E-state index >= 15 is 0 Å². The molecule has 0 spiro atoms. The van der Waals surface area contributed by atoms with Crippen LogP contribution in [0.3, 0.4) is 0 Å². The van der Waals surface area contributed by atoms with Gasteiger partial charge in [0.25, 0.3) is 0 Å². The van der Waals surface area contributed by atoms with Gasteiger partial charge in [0.1, 0.15) is 0 Å². The monoisotopic (exact) mass is 217 g/mol. The molecule has 0 saturated heterocycles. The zero-order valence-electron chi connectivity index (χ0n) is 9.55. The van der Waals surface area contributed by atoms with Gasteiger partial charge in [0, 0.05) is 17.8 Å². The minimum atomic E-state index is -0.577. The lowest BCUT2D eigenvalue weighted by Gasteiger charge is -2.30. The molecule has 0 aromatic rings. The molecule has 2 N–H and O–H groups in total. The predicted molar refractivity (Wildman–Crippen MR) is 63.9 cm³/mol. The Labute approximate surface area is 91.9 Å². The Hall–Kier alpha value is 0.270.